The highest BCUT2D eigenvalue weighted by Gasteiger charge is 2.24. The van der Waals surface area contributed by atoms with E-state index in [9.17, 15) is 0 Å². The summed E-state index contributed by atoms with van der Waals surface area (Å²) in [5.41, 5.74) is 5.40. The van der Waals surface area contributed by atoms with Crippen molar-refractivity contribution < 1.29 is 9.26 Å². The molecule has 0 amide bonds. The van der Waals surface area contributed by atoms with Crippen molar-refractivity contribution >= 4 is 0 Å². The van der Waals surface area contributed by atoms with Crippen LogP contribution in [0.1, 0.15) is 17.8 Å². The van der Waals surface area contributed by atoms with Gasteiger partial charge in [-0.15, -0.1) is 0 Å². The lowest BCUT2D eigenvalue weighted by Gasteiger charge is -2.27. The van der Waals surface area contributed by atoms with Crippen LogP contribution in [0.15, 0.2) is 4.52 Å². The Morgan fingerprint density at radius 2 is 2.47 bits per heavy atom. The number of aromatic nitrogens is 2. The van der Waals surface area contributed by atoms with E-state index < -0.39 is 0 Å². The monoisotopic (exact) mass is 212 g/mol. The van der Waals surface area contributed by atoms with E-state index in [1.807, 2.05) is 0 Å². The molecule has 1 aliphatic rings. The van der Waals surface area contributed by atoms with Gasteiger partial charge in [0.15, 0.2) is 0 Å². The second kappa shape index (κ2) is 4.69. The molecule has 84 valence electrons. The number of nitrogens with two attached hydrogens (primary N) is 1. The lowest BCUT2D eigenvalue weighted by molar-refractivity contribution is -0.0264. The van der Waals surface area contributed by atoms with Gasteiger partial charge in [0, 0.05) is 26.1 Å². The molecule has 0 aromatic carbocycles. The van der Waals surface area contributed by atoms with Crippen LogP contribution < -0.4 is 5.73 Å². The van der Waals surface area contributed by atoms with E-state index in [1.165, 1.54) is 0 Å². The van der Waals surface area contributed by atoms with E-state index in [1.54, 1.807) is 0 Å². The van der Waals surface area contributed by atoms with Crippen LogP contribution in [0.5, 0.6) is 0 Å². The normalized spacial score (nSPS) is 23.2. The maximum absolute atomic E-state index is 5.57. The van der Waals surface area contributed by atoms with Gasteiger partial charge in [-0.2, -0.15) is 4.98 Å². The first-order valence-electron chi connectivity index (χ1n) is 5.12. The average Bonchev–Trinajstić information content (AvgIpc) is 2.67. The van der Waals surface area contributed by atoms with Crippen LogP contribution in [-0.2, 0) is 11.2 Å². The van der Waals surface area contributed by atoms with Gasteiger partial charge in [0.1, 0.15) is 6.10 Å². The first-order valence-corrected chi connectivity index (χ1v) is 5.12. The van der Waals surface area contributed by atoms with Crippen LogP contribution in [-0.4, -0.2) is 48.3 Å². The number of hydrogen-bond donors (Lipinski definition) is 1. The summed E-state index contributed by atoms with van der Waals surface area (Å²) >= 11 is 0. The zero-order valence-electron chi connectivity index (χ0n) is 8.85. The average molecular weight is 212 g/mol. The number of nitrogens with zero attached hydrogens (tertiary/aromatic N) is 3. The highest BCUT2D eigenvalue weighted by molar-refractivity contribution is 4.94. The highest BCUT2D eigenvalue weighted by atomic mass is 16.5. The number of hydrogen-bond acceptors (Lipinski definition) is 6. The first-order chi connectivity index (χ1) is 7.29. The number of ether oxygens (including phenoxy) is 1. The fourth-order valence-corrected chi connectivity index (χ4v) is 1.56. The molecule has 15 heavy (non-hydrogen) atoms. The van der Waals surface area contributed by atoms with Gasteiger partial charge in [0.2, 0.25) is 11.7 Å². The third-order valence-electron chi connectivity index (χ3n) is 2.40. The Kier molecular flexibility index (Phi) is 3.30. The van der Waals surface area contributed by atoms with Crippen molar-refractivity contribution in [3.63, 3.8) is 0 Å². The van der Waals surface area contributed by atoms with Gasteiger partial charge < -0.3 is 19.9 Å². The Balaban J connectivity index is 2.01. The van der Waals surface area contributed by atoms with E-state index in [0.29, 0.717) is 31.3 Å². The molecule has 0 aliphatic carbocycles. The SMILES string of the molecule is CN1CCOC(c2noc(CCN)n2)C1. The van der Waals surface area contributed by atoms with Gasteiger partial charge >= 0.3 is 0 Å². The molecule has 0 radical (unpaired) electrons. The molecule has 1 aliphatic heterocycles. The summed E-state index contributed by atoms with van der Waals surface area (Å²) in [5.74, 6) is 1.22. The van der Waals surface area contributed by atoms with Crippen molar-refractivity contribution in [1.82, 2.24) is 15.0 Å². The van der Waals surface area contributed by atoms with Crippen molar-refractivity contribution in [2.45, 2.75) is 12.5 Å². The standard InChI is InChI=1S/C9H16N4O2/c1-13-4-5-14-7(6-13)9-11-8(2-3-10)15-12-9/h7H,2-6,10H2,1H3. The molecule has 0 bridgehead atoms. The molecule has 6 nitrogen and oxygen atoms in total. The molecule has 1 saturated heterocycles. The highest BCUT2D eigenvalue weighted by Crippen LogP contribution is 2.18. The fraction of sp³-hybridized carbons (Fsp3) is 0.778. The quantitative estimate of drug-likeness (QED) is 0.733. The van der Waals surface area contributed by atoms with E-state index in [4.69, 9.17) is 15.0 Å². The van der Waals surface area contributed by atoms with Gasteiger partial charge in [0.05, 0.1) is 6.61 Å². The van der Waals surface area contributed by atoms with E-state index in [2.05, 4.69) is 22.1 Å². The van der Waals surface area contributed by atoms with Crippen LogP contribution in [0.4, 0.5) is 0 Å². The van der Waals surface area contributed by atoms with Crippen molar-refractivity contribution in [3.05, 3.63) is 11.7 Å². The lowest BCUT2D eigenvalue weighted by Crippen LogP contribution is -2.35. The summed E-state index contributed by atoms with van der Waals surface area (Å²) in [6, 6.07) is 0. The van der Waals surface area contributed by atoms with Crippen LogP contribution >= 0.6 is 0 Å². The fourth-order valence-electron chi connectivity index (χ4n) is 1.56. The molecular formula is C9H16N4O2. The Bertz CT molecular complexity index is 315. The van der Waals surface area contributed by atoms with E-state index in [-0.39, 0.29) is 6.10 Å². The zero-order chi connectivity index (χ0) is 10.7. The predicted octanol–water partition coefficient (Wildman–Crippen LogP) is -0.426. The van der Waals surface area contributed by atoms with Gasteiger partial charge in [-0.1, -0.05) is 5.16 Å². The smallest absolute Gasteiger partial charge is 0.228 e. The topological polar surface area (TPSA) is 77.4 Å². The zero-order valence-corrected chi connectivity index (χ0v) is 8.85. The lowest BCUT2D eigenvalue weighted by atomic mass is 10.3. The molecule has 2 N–H and O–H groups in total. The Morgan fingerprint density at radius 1 is 1.60 bits per heavy atom. The molecule has 1 aromatic rings. The molecule has 2 rings (SSSR count). The molecular weight excluding hydrogens is 196 g/mol. The van der Waals surface area contributed by atoms with Gasteiger partial charge in [-0.3, -0.25) is 0 Å². The molecule has 0 spiro atoms. The Morgan fingerprint density at radius 3 is 3.20 bits per heavy atom. The molecule has 2 heterocycles. The molecule has 0 saturated carbocycles. The summed E-state index contributed by atoms with van der Waals surface area (Å²) in [6.07, 6.45) is 0.550. The Hall–Kier alpha value is -0.980. The van der Waals surface area contributed by atoms with E-state index >= 15 is 0 Å². The van der Waals surface area contributed by atoms with Crippen LogP contribution in [0.3, 0.4) is 0 Å². The number of likely N-dealkylation sites (N-methyl/N-ethyl adjacent to an activating group) is 1. The summed E-state index contributed by atoms with van der Waals surface area (Å²) in [5, 5.41) is 3.90. The van der Waals surface area contributed by atoms with Crippen molar-refractivity contribution in [2.75, 3.05) is 33.3 Å². The maximum atomic E-state index is 5.57. The van der Waals surface area contributed by atoms with Gasteiger partial charge in [0.25, 0.3) is 0 Å². The first kappa shape index (κ1) is 10.5. The van der Waals surface area contributed by atoms with Crippen molar-refractivity contribution in [3.8, 4) is 0 Å². The van der Waals surface area contributed by atoms with Gasteiger partial charge in [-0.05, 0) is 7.05 Å². The van der Waals surface area contributed by atoms with Crippen molar-refractivity contribution in [1.29, 1.82) is 0 Å². The molecule has 1 aromatic heterocycles. The summed E-state index contributed by atoms with van der Waals surface area (Å²) in [4.78, 5) is 6.44. The summed E-state index contributed by atoms with van der Waals surface area (Å²) in [6.45, 7) is 2.99. The van der Waals surface area contributed by atoms with Crippen molar-refractivity contribution in [2.24, 2.45) is 5.73 Å². The minimum Gasteiger partial charge on any atom is -0.367 e. The van der Waals surface area contributed by atoms with Crippen LogP contribution in [0.2, 0.25) is 0 Å². The minimum atomic E-state index is -0.0703. The summed E-state index contributed by atoms with van der Waals surface area (Å²) < 4.78 is 10.6. The third kappa shape index (κ3) is 2.53. The minimum absolute atomic E-state index is 0.0703. The molecule has 1 atom stereocenters. The Labute approximate surface area is 88.4 Å². The van der Waals surface area contributed by atoms with Crippen LogP contribution in [0, 0.1) is 0 Å². The maximum Gasteiger partial charge on any atom is 0.228 e. The second-order valence-electron chi connectivity index (χ2n) is 3.71. The summed E-state index contributed by atoms with van der Waals surface area (Å²) in [7, 11) is 2.05. The van der Waals surface area contributed by atoms with Crippen LogP contribution in [0.25, 0.3) is 0 Å². The molecule has 6 heteroatoms. The number of rotatable bonds is 3. The van der Waals surface area contributed by atoms with Gasteiger partial charge in [-0.25, -0.2) is 0 Å². The number of morpholine rings is 1. The predicted molar refractivity (Wildman–Crippen MR) is 53.2 cm³/mol. The van der Waals surface area contributed by atoms with E-state index in [0.717, 1.165) is 13.1 Å². The third-order valence-corrected chi connectivity index (χ3v) is 2.40. The molecule has 1 fully saturated rings. The molecule has 1 unspecified atom stereocenters. The second-order valence-corrected chi connectivity index (χ2v) is 3.71. The largest absolute Gasteiger partial charge is 0.367 e.